The fraction of sp³-hybridized carbons (Fsp3) is 0.750. The van der Waals surface area contributed by atoms with Gasteiger partial charge in [-0.1, -0.05) is 6.08 Å². The summed E-state index contributed by atoms with van der Waals surface area (Å²) in [4.78, 5) is 0. The molecule has 1 heterocycles. The third-order valence-corrected chi connectivity index (χ3v) is 2.27. The first-order chi connectivity index (χ1) is 5.33. The Balaban J connectivity index is 2.21. The van der Waals surface area contributed by atoms with E-state index in [0.29, 0.717) is 13.2 Å². The van der Waals surface area contributed by atoms with Crippen molar-refractivity contribution in [2.75, 3.05) is 13.2 Å². The topological polar surface area (TPSA) is 44.5 Å². The van der Waals surface area contributed by atoms with Crippen LogP contribution in [0.4, 0.5) is 0 Å². The van der Waals surface area contributed by atoms with Crippen molar-refractivity contribution in [1.82, 2.24) is 0 Å². The fourth-order valence-electron chi connectivity index (χ4n) is 1.66. The highest BCUT2D eigenvalue weighted by Crippen LogP contribution is 2.33. The molecule has 3 heteroatoms. The molecule has 0 aromatic rings. The zero-order valence-corrected chi connectivity index (χ0v) is 6.51. The highest BCUT2D eigenvalue weighted by molar-refractivity contribution is 5.13. The Bertz CT molecular complexity index is 183. The maximum absolute atomic E-state index is 5.79. The lowest BCUT2D eigenvalue weighted by Gasteiger charge is -2.30. The van der Waals surface area contributed by atoms with Crippen molar-refractivity contribution in [3.63, 3.8) is 0 Å². The van der Waals surface area contributed by atoms with Gasteiger partial charge in [-0.05, 0) is 12.8 Å². The molecule has 0 saturated carbocycles. The Morgan fingerprint density at radius 3 is 2.73 bits per heavy atom. The normalized spacial score (nSPS) is 28.9. The van der Waals surface area contributed by atoms with Gasteiger partial charge in [0, 0.05) is 6.42 Å². The van der Waals surface area contributed by atoms with Crippen LogP contribution >= 0.6 is 0 Å². The van der Waals surface area contributed by atoms with E-state index in [1.54, 1.807) is 0 Å². The molecule has 1 spiro atoms. The second-order valence-electron chi connectivity index (χ2n) is 3.00. The molecule has 0 amide bonds. The number of hydrogen-bond acceptors (Lipinski definition) is 3. The minimum absolute atomic E-state index is 0.530. The summed E-state index contributed by atoms with van der Waals surface area (Å²) in [6, 6.07) is 0. The Hall–Kier alpha value is -0.540. The fourth-order valence-corrected chi connectivity index (χ4v) is 1.66. The average Bonchev–Trinajstić information content (AvgIpc) is 2.46. The smallest absolute Gasteiger partial charge is 0.209 e. The third kappa shape index (κ3) is 1.04. The molecule has 0 radical (unpaired) electrons. The van der Waals surface area contributed by atoms with Gasteiger partial charge < -0.3 is 15.2 Å². The predicted molar refractivity (Wildman–Crippen MR) is 40.8 cm³/mol. The molecule has 1 aliphatic heterocycles. The average molecular weight is 155 g/mol. The van der Waals surface area contributed by atoms with Crippen LogP contribution in [-0.2, 0) is 9.47 Å². The SMILES string of the molecule is NC1=CCCCC12OCCO2. The molecule has 62 valence electrons. The molecule has 11 heavy (non-hydrogen) atoms. The Kier molecular flexibility index (Phi) is 1.62. The number of hydrogen-bond donors (Lipinski definition) is 1. The monoisotopic (exact) mass is 155 g/mol. The third-order valence-electron chi connectivity index (χ3n) is 2.27. The van der Waals surface area contributed by atoms with Gasteiger partial charge in [-0.3, -0.25) is 0 Å². The van der Waals surface area contributed by atoms with Crippen LogP contribution in [0.15, 0.2) is 11.8 Å². The minimum Gasteiger partial charge on any atom is -0.398 e. The molecule has 2 N–H and O–H groups in total. The van der Waals surface area contributed by atoms with Crippen LogP contribution < -0.4 is 5.73 Å². The first-order valence-electron chi connectivity index (χ1n) is 4.07. The highest BCUT2D eigenvalue weighted by Gasteiger charge is 2.40. The molecule has 1 fully saturated rings. The number of rotatable bonds is 0. The first kappa shape index (κ1) is 7.13. The molecule has 2 rings (SSSR count). The van der Waals surface area contributed by atoms with E-state index >= 15 is 0 Å². The summed E-state index contributed by atoms with van der Waals surface area (Å²) in [5.41, 5.74) is 6.55. The van der Waals surface area contributed by atoms with Crippen LogP contribution in [0.1, 0.15) is 19.3 Å². The molecule has 1 saturated heterocycles. The molecule has 2 aliphatic rings. The van der Waals surface area contributed by atoms with Crippen LogP contribution in [0.3, 0.4) is 0 Å². The molecular formula is C8H13NO2. The van der Waals surface area contributed by atoms with Crippen molar-refractivity contribution in [3.05, 3.63) is 11.8 Å². The molecule has 1 aliphatic carbocycles. The molecule has 0 aromatic heterocycles. The van der Waals surface area contributed by atoms with Gasteiger partial charge in [-0.25, -0.2) is 0 Å². The second kappa shape index (κ2) is 2.50. The van der Waals surface area contributed by atoms with Crippen molar-refractivity contribution >= 4 is 0 Å². The van der Waals surface area contributed by atoms with E-state index in [0.717, 1.165) is 25.0 Å². The van der Waals surface area contributed by atoms with Crippen LogP contribution in [0.2, 0.25) is 0 Å². The summed E-state index contributed by atoms with van der Waals surface area (Å²) in [7, 11) is 0. The summed E-state index contributed by atoms with van der Waals surface area (Å²) in [5.74, 6) is -0.530. The number of allylic oxidation sites excluding steroid dienone is 1. The summed E-state index contributed by atoms with van der Waals surface area (Å²) in [6.45, 7) is 1.35. The van der Waals surface area contributed by atoms with Gasteiger partial charge in [0.25, 0.3) is 0 Å². The molecular weight excluding hydrogens is 142 g/mol. The largest absolute Gasteiger partial charge is 0.398 e. The van der Waals surface area contributed by atoms with Crippen molar-refractivity contribution in [2.24, 2.45) is 5.73 Å². The van der Waals surface area contributed by atoms with Gasteiger partial charge in [0.2, 0.25) is 5.79 Å². The lowest BCUT2D eigenvalue weighted by Crippen LogP contribution is -2.38. The van der Waals surface area contributed by atoms with Gasteiger partial charge in [0.05, 0.1) is 18.9 Å². The standard InChI is InChI=1S/C8H13NO2/c9-7-3-1-2-4-8(7)10-5-6-11-8/h3H,1-2,4-6,9H2. The van der Waals surface area contributed by atoms with E-state index in [4.69, 9.17) is 15.2 Å². The summed E-state index contributed by atoms with van der Waals surface area (Å²) >= 11 is 0. The van der Waals surface area contributed by atoms with Gasteiger partial charge >= 0.3 is 0 Å². The van der Waals surface area contributed by atoms with Gasteiger partial charge in [-0.15, -0.1) is 0 Å². The minimum atomic E-state index is -0.530. The highest BCUT2D eigenvalue weighted by atomic mass is 16.7. The van der Waals surface area contributed by atoms with Crippen molar-refractivity contribution < 1.29 is 9.47 Å². The van der Waals surface area contributed by atoms with E-state index in [1.165, 1.54) is 0 Å². The van der Waals surface area contributed by atoms with Gasteiger partial charge in [0.15, 0.2) is 0 Å². The molecule has 0 aromatic carbocycles. The summed E-state index contributed by atoms with van der Waals surface area (Å²) in [6.07, 6.45) is 5.09. The van der Waals surface area contributed by atoms with E-state index in [9.17, 15) is 0 Å². The summed E-state index contributed by atoms with van der Waals surface area (Å²) < 4.78 is 11.0. The maximum atomic E-state index is 5.79. The quantitative estimate of drug-likeness (QED) is 0.561. The molecule has 0 atom stereocenters. The van der Waals surface area contributed by atoms with E-state index in [2.05, 4.69) is 0 Å². The van der Waals surface area contributed by atoms with E-state index in [-0.39, 0.29) is 0 Å². The molecule has 0 unspecified atom stereocenters. The van der Waals surface area contributed by atoms with Crippen LogP contribution in [0, 0.1) is 0 Å². The lowest BCUT2D eigenvalue weighted by atomic mass is 9.98. The first-order valence-corrected chi connectivity index (χ1v) is 4.07. The molecule has 0 bridgehead atoms. The Labute approximate surface area is 66.2 Å². The van der Waals surface area contributed by atoms with Gasteiger partial charge in [-0.2, -0.15) is 0 Å². The van der Waals surface area contributed by atoms with Crippen molar-refractivity contribution in [2.45, 2.75) is 25.0 Å². The van der Waals surface area contributed by atoms with E-state index in [1.807, 2.05) is 6.08 Å². The lowest BCUT2D eigenvalue weighted by molar-refractivity contribution is -0.135. The predicted octanol–water partition coefficient (Wildman–Crippen LogP) is 0.756. The second-order valence-corrected chi connectivity index (χ2v) is 3.00. The zero-order chi connectivity index (χ0) is 7.73. The van der Waals surface area contributed by atoms with Crippen molar-refractivity contribution in [1.29, 1.82) is 0 Å². The van der Waals surface area contributed by atoms with Crippen molar-refractivity contribution in [3.8, 4) is 0 Å². The van der Waals surface area contributed by atoms with Crippen LogP contribution in [-0.4, -0.2) is 19.0 Å². The number of nitrogens with two attached hydrogens (primary N) is 1. The van der Waals surface area contributed by atoms with Crippen LogP contribution in [0.25, 0.3) is 0 Å². The summed E-state index contributed by atoms with van der Waals surface area (Å²) in [5, 5.41) is 0. The van der Waals surface area contributed by atoms with Gasteiger partial charge in [0.1, 0.15) is 0 Å². The van der Waals surface area contributed by atoms with Crippen LogP contribution in [0.5, 0.6) is 0 Å². The van der Waals surface area contributed by atoms with E-state index < -0.39 is 5.79 Å². The Morgan fingerprint density at radius 1 is 1.36 bits per heavy atom. The number of ether oxygens (including phenoxy) is 2. The Morgan fingerprint density at radius 2 is 2.09 bits per heavy atom. The molecule has 3 nitrogen and oxygen atoms in total. The maximum Gasteiger partial charge on any atom is 0.209 e. The zero-order valence-electron chi connectivity index (χ0n) is 6.51.